The molecule has 2 aliphatic heterocycles. The molecule has 1 unspecified atom stereocenters. The Morgan fingerprint density at radius 3 is 2.48 bits per heavy atom. The highest BCUT2D eigenvalue weighted by Gasteiger charge is 2.52. The lowest BCUT2D eigenvalue weighted by atomic mass is 9.86. The minimum absolute atomic E-state index is 0.209. The molecule has 0 amide bonds. The highest BCUT2D eigenvalue weighted by Crippen LogP contribution is 2.39. The molecule has 4 rings (SSSR count). The zero-order valence-corrected chi connectivity index (χ0v) is 15.8. The van der Waals surface area contributed by atoms with Crippen LogP contribution in [-0.4, -0.2) is 50.7 Å². The summed E-state index contributed by atoms with van der Waals surface area (Å²) in [5.41, 5.74) is 1.59. The summed E-state index contributed by atoms with van der Waals surface area (Å²) in [7, 11) is -3.44. The monoisotopic (exact) mass is 365 g/mol. The number of nitrogens with zero attached hydrogens (tertiary/aromatic N) is 1. The number of hydrogen-bond acceptors (Lipinski definition) is 4. The van der Waals surface area contributed by atoms with E-state index in [1.54, 1.807) is 16.4 Å². The average Bonchev–Trinajstić information content (AvgIpc) is 3.34. The third-order valence-electron chi connectivity index (χ3n) is 5.47. The van der Waals surface area contributed by atoms with Crippen LogP contribution >= 0.6 is 0 Å². The number of hydrogen-bond donors (Lipinski definition) is 0. The van der Waals surface area contributed by atoms with Crippen LogP contribution in [0.15, 0.2) is 23.1 Å². The maximum atomic E-state index is 12.9. The molecule has 3 fully saturated rings. The van der Waals surface area contributed by atoms with Gasteiger partial charge in [-0.1, -0.05) is 6.07 Å². The minimum Gasteiger partial charge on any atom is -0.378 e. The van der Waals surface area contributed by atoms with E-state index in [0.29, 0.717) is 24.6 Å². The molecule has 0 aromatic heterocycles. The Morgan fingerprint density at radius 1 is 1.16 bits per heavy atom. The fourth-order valence-corrected chi connectivity index (χ4v) is 5.68. The van der Waals surface area contributed by atoms with E-state index in [1.165, 1.54) is 12.8 Å². The van der Waals surface area contributed by atoms with Crippen molar-refractivity contribution in [1.29, 1.82) is 0 Å². The van der Waals surface area contributed by atoms with E-state index in [4.69, 9.17) is 9.47 Å². The molecule has 1 aromatic carbocycles. The van der Waals surface area contributed by atoms with E-state index >= 15 is 0 Å². The summed E-state index contributed by atoms with van der Waals surface area (Å²) in [4.78, 5) is 0.386. The van der Waals surface area contributed by atoms with E-state index in [-0.39, 0.29) is 11.7 Å². The molecule has 1 atom stereocenters. The first-order valence-electron chi connectivity index (χ1n) is 9.20. The number of sulfonamides is 1. The zero-order valence-electron chi connectivity index (χ0n) is 15.0. The normalized spacial score (nSPS) is 26.6. The Kier molecular flexibility index (Phi) is 4.43. The molecule has 2 heterocycles. The van der Waals surface area contributed by atoms with Crippen LogP contribution < -0.4 is 0 Å². The van der Waals surface area contributed by atoms with Gasteiger partial charge < -0.3 is 9.47 Å². The molecule has 6 heteroatoms. The first-order chi connectivity index (χ1) is 11.9. The second kappa shape index (κ2) is 6.34. The van der Waals surface area contributed by atoms with Crippen molar-refractivity contribution in [2.75, 3.05) is 26.3 Å². The van der Waals surface area contributed by atoms with Gasteiger partial charge in [-0.15, -0.1) is 0 Å². The summed E-state index contributed by atoms with van der Waals surface area (Å²) < 4.78 is 39.3. The molecule has 5 nitrogen and oxygen atoms in total. The van der Waals surface area contributed by atoms with Crippen LogP contribution in [0.1, 0.15) is 36.8 Å². The van der Waals surface area contributed by atoms with Gasteiger partial charge >= 0.3 is 0 Å². The SMILES string of the molecule is Cc1cc(C)cc(S(=O)(=O)N2CC3(CC(OCC4CC4)CCO3)C2)c1. The van der Waals surface area contributed by atoms with Gasteiger partial charge in [0.05, 0.1) is 16.6 Å². The Bertz CT molecular complexity index is 730. The number of ether oxygens (including phenoxy) is 2. The van der Waals surface area contributed by atoms with E-state index in [0.717, 1.165) is 36.5 Å². The fourth-order valence-electron chi connectivity index (χ4n) is 3.90. The van der Waals surface area contributed by atoms with Crippen LogP contribution in [0, 0.1) is 19.8 Å². The molecule has 25 heavy (non-hydrogen) atoms. The van der Waals surface area contributed by atoms with Gasteiger partial charge in [-0.3, -0.25) is 0 Å². The second-order valence-corrected chi connectivity index (χ2v) is 9.96. The standard InChI is InChI=1S/C19H27NO4S/c1-14-7-15(2)9-18(8-14)25(21,22)20-12-19(13-20)10-17(5-6-24-19)23-11-16-3-4-16/h7-9,16-17H,3-6,10-13H2,1-2H3. The summed E-state index contributed by atoms with van der Waals surface area (Å²) >= 11 is 0. The zero-order chi connectivity index (χ0) is 17.7. The van der Waals surface area contributed by atoms with Crippen molar-refractivity contribution in [3.63, 3.8) is 0 Å². The molecule has 1 aliphatic carbocycles. The quantitative estimate of drug-likeness (QED) is 0.805. The first-order valence-corrected chi connectivity index (χ1v) is 10.6. The van der Waals surface area contributed by atoms with Gasteiger partial charge in [-0.05, 0) is 62.3 Å². The van der Waals surface area contributed by atoms with Gasteiger partial charge in [0.2, 0.25) is 10.0 Å². The Balaban J connectivity index is 1.41. The van der Waals surface area contributed by atoms with Gasteiger partial charge in [-0.2, -0.15) is 4.31 Å². The van der Waals surface area contributed by atoms with Gasteiger partial charge in [0, 0.05) is 32.7 Å². The summed E-state index contributed by atoms with van der Waals surface area (Å²) in [6.45, 7) is 6.24. The van der Waals surface area contributed by atoms with Crippen LogP contribution in [0.5, 0.6) is 0 Å². The van der Waals surface area contributed by atoms with Crippen molar-refractivity contribution < 1.29 is 17.9 Å². The molecule has 1 aromatic rings. The van der Waals surface area contributed by atoms with E-state index in [9.17, 15) is 8.42 Å². The average molecular weight is 365 g/mol. The van der Waals surface area contributed by atoms with Crippen molar-refractivity contribution >= 4 is 10.0 Å². The van der Waals surface area contributed by atoms with Crippen molar-refractivity contribution in [3.05, 3.63) is 29.3 Å². The van der Waals surface area contributed by atoms with Crippen LogP contribution in [0.3, 0.4) is 0 Å². The predicted octanol–water partition coefficient (Wildman–Crippen LogP) is 2.65. The second-order valence-electron chi connectivity index (χ2n) is 8.02. The maximum absolute atomic E-state index is 12.9. The highest BCUT2D eigenvalue weighted by molar-refractivity contribution is 7.89. The van der Waals surface area contributed by atoms with Crippen molar-refractivity contribution in [1.82, 2.24) is 4.31 Å². The van der Waals surface area contributed by atoms with Crippen molar-refractivity contribution in [3.8, 4) is 0 Å². The lowest BCUT2D eigenvalue weighted by molar-refractivity contribution is -0.179. The molecule has 138 valence electrons. The van der Waals surface area contributed by atoms with E-state index in [1.807, 2.05) is 19.9 Å². The van der Waals surface area contributed by atoms with Gasteiger partial charge in [-0.25, -0.2) is 8.42 Å². The molecular formula is C19H27NO4S. The Labute approximate surface area is 150 Å². The van der Waals surface area contributed by atoms with Crippen molar-refractivity contribution in [2.24, 2.45) is 5.92 Å². The summed E-state index contributed by atoms with van der Waals surface area (Å²) in [5, 5.41) is 0. The van der Waals surface area contributed by atoms with Gasteiger partial charge in [0.15, 0.2) is 0 Å². The highest BCUT2D eigenvalue weighted by atomic mass is 32.2. The number of rotatable bonds is 5. The lowest BCUT2D eigenvalue weighted by Crippen LogP contribution is -2.67. The largest absolute Gasteiger partial charge is 0.378 e. The topological polar surface area (TPSA) is 55.8 Å². The molecule has 0 N–H and O–H groups in total. The Morgan fingerprint density at radius 2 is 1.84 bits per heavy atom. The van der Waals surface area contributed by atoms with Crippen molar-refractivity contribution in [2.45, 2.75) is 56.1 Å². The van der Waals surface area contributed by atoms with Crippen LogP contribution in [0.4, 0.5) is 0 Å². The summed E-state index contributed by atoms with van der Waals surface area (Å²) in [5.74, 6) is 0.752. The summed E-state index contributed by atoms with van der Waals surface area (Å²) in [6, 6.07) is 5.48. The molecular weight excluding hydrogens is 338 g/mol. The smallest absolute Gasteiger partial charge is 0.243 e. The molecule has 2 saturated heterocycles. The van der Waals surface area contributed by atoms with Crippen LogP contribution in [0.25, 0.3) is 0 Å². The van der Waals surface area contributed by atoms with Gasteiger partial charge in [0.25, 0.3) is 0 Å². The lowest BCUT2D eigenvalue weighted by Gasteiger charge is -2.52. The van der Waals surface area contributed by atoms with E-state index in [2.05, 4.69) is 0 Å². The molecule has 3 aliphatic rings. The Hall–Kier alpha value is -0.950. The molecule has 0 radical (unpaired) electrons. The third-order valence-corrected chi connectivity index (χ3v) is 7.24. The predicted molar refractivity (Wildman–Crippen MR) is 95.1 cm³/mol. The molecule has 1 spiro atoms. The number of benzene rings is 1. The fraction of sp³-hybridized carbons (Fsp3) is 0.684. The van der Waals surface area contributed by atoms with Crippen LogP contribution in [0.2, 0.25) is 0 Å². The summed E-state index contributed by atoms with van der Waals surface area (Å²) in [6.07, 6.45) is 4.50. The first kappa shape index (κ1) is 17.5. The minimum atomic E-state index is -3.44. The third kappa shape index (κ3) is 3.63. The molecule has 0 bridgehead atoms. The van der Waals surface area contributed by atoms with E-state index < -0.39 is 10.0 Å². The van der Waals surface area contributed by atoms with Crippen LogP contribution in [-0.2, 0) is 19.5 Å². The molecule has 1 saturated carbocycles. The number of aryl methyl sites for hydroxylation is 2. The van der Waals surface area contributed by atoms with Gasteiger partial charge in [0.1, 0.15) is 0 Å². The maximum Gasteiger partial charge on any atom is 0.243 e.